The minimum absolute atomic E-state index is 0.837. The van der Waals surface area contributed by atoms with Crippen LogP contribution in [0.1, 0.15) is 32.1 Å². The summed E-state index contributed by atoms with van der Waals surface area (Å²) >= 11 is 0. The first-order valence-corrected chi connectivity index (χ1v) is 5.69. The van der Waals surface area contributed by atoms with Crippen LogP contribution >= 0.6 is 0 Å². The molecule has 1 saturated carbocycles. The van der Waals surface area contributed by atoms with Gasteiger partial charge in [-0.1, -0.05) is 12.8 Å². The maximum Gasteiger partial charge on any atom is 0.0211 e. The van der Waals surface area contributed by atoms with Crippen molar-refractivity contribution in [3.63, 3.8) is 0 Å². The molecule has 0 spiro atoms. The van der Waals surface area contributed by atoms with Crippen molar-refractivity contribution in [2.75, 3.05) is 26.7 Å². The highest BCUT2D eigenvalue weighted by atomic mass is 15.1. The van der Waals surface area contributed by atoms with Crippen LogP contribution in [-0.4, -0.2) is 37.6 Å². The summed E-state index contributed by atoms with van der Waals surface area (Å²) in [6.07, 6.45) is 11.6. The highest BCUT2D eigenvalue weighted by Gasteiger charge is 2.18. The summed E-state index contributed by atoms with van der Waals surface area (Å²) in [5, 5.41) is 3.36. The molecule has 0 heterocycles. The zero-order chi connectivity index (χ0) is 10.2. The molecule has 0 aromatic carbocycles. The predicted molar refractivity (Wildman–Crippen MR) is 61.2 cm³/mol. The summed E-state index contributed by atoms with van der Waals surface area (Å²) in [5.74, 6) is 2.63. The molecule has 1 aliphatic rings. The Morgan fingerprint density at radius 2 is 2.07 bits per heavy atom. The molecule has 0 aromatic heterocycles. The van der Waals surface area contributed by atoms with Crippen molar-refractivity contribution in [3.8, 4) is 12.3 Å². The van der Waals surface area contributed by atoms with Gasteiger partial charge >= 0.3 is 0 Å². The lowest BCUT2D eigenvalue weighted by Crippen LogP contribution is -2.35. The molecule has 14 heavy (non-hydrogen) atoms. The van der Waals surface area contributed by atoms with Gasteiger partial charge in [0.05, 0.1) is 0 Å². The van der Waals surface area contributed by atoms with Crippen molar-refractivity contribution in [3.05, 3.63) is 0 Å². The first-order valence-electron chi connectivity index (χ1n) is 5.69. The second-order valence-corrected chi connectivity index (χ2v) is 4.12. The number of rotatable bonds is 6. The fraction of sp³-hybridized carbons (Fsp3) is 0.833. The largest absolute Gasteiger partial charge is 0.315 e. The molecule has 0 bridgehead atoms. The van der Waals surface area contributed by atoms with E-state index in [0.717, 1.165) is 32.1 Å². The predicted octanol–water partition coefficient (Wildman–Crippen LogP) is 1.47. The second kappa shape index (κ2) is 6.86. The Morgan fingerprint density at radius 3 is 2.71 bits per heavy atom. The van der Waals surface area contributed by atoms with Gasteiger partial charge in [0.2, 0.25) is 0 Å². The van der Waals surface area contributed by atoms with E-state index in [2.05, 4.69) is 23.2 Å². The molecule has 0 amide bonds. The molecule has 1 rings (SSSR count). The van der Waals surface area contributed by atoms with E-state index < -0.39 is 0 Å². The highest BCUT2D eigenvalue weighted by Crippen LogP contribution is 2.21. The van der Waals surface area contributed by atoms with Crippen LogP contribution in [0.3, 0.4) is 0 Å². The summed E-state index contributed by atoms with van der Waals surface area (Å²) in [6.45, 7) is 3.17. The van der Waals surface area contributed by atoms with Crippen molar-refractivity contribution in [2.24, 2.45) is 0 Å². The number of likely N-dealkylation sites (N-methyl/N-ethyl adjacent to an activating group) is 1. The standard InChI is InChI=1S/C12H22N2/c1-3-4-9-13-10-11-14(2)12-7-5-6-8-12/h1,12-13H,4-11H2,2H3. The molecule has 2 heteroatoms. The Morgan fingerprint density at radius 1 is 1.36 bits per heavy atom. The van der Waals surface area contributed by atoms with Crippen molar-refractivity contribution in [2.45, 2.75) is 38.1 Å². The molecule has 0 radical (unpaired) electrons. The van der Waals surface area contributed by atoms with E-state index in [9.17, 15) is 0 Å². The molecule has 0 unspecified atom stereocenters. The van der Waals surface area contributed by atoms with Crippen LogP contribution in [0.25, 0.3) is 0 Å². The summed E-state index contributed by atoms with van der Waals surface area (Å²) in [6, 6.07) is 0.837. The van der Waals surface area contributed by atoms with E-state index in [-0.39, 0.29) is 0 Å². The lowest BCUT2D eigenvalue weighted by molar-refractivity contribution is 0.246. The number of nitrogens with one attached hydrogen (secondary N) is 1. The minimum Gasteiger partial charge on any atom is -0.315 e. The highest BCUT2D eigenvalue weighted by molar-refractivity contribution is 4.84. The maximum atomic E-state index is 5.17. The second-order valence-electron chi connectivity index (χ2n) is 4.12. The quantitative estimate of drug-likeness (QED) is 0.509. The molecule has 1 aliphatic carbocycles. The zero-order valence-electron chi connectivity index (χ0n) is 9.26. The van der Waals surface area contributed by atoms with Crippen LogP contribution < -0.4 is 5.32 Å². The van der Waals surface area contributed by atoms with E-state index in [4.69, 9.17) is 6.42 Å². The topological polar surface area (TPSA) is 15.3 Å². The monoisotopic (exact) mass is 194 g/mol. The maximum absolute atomic E-state index is 5.17. The summed E-state index contributed by atoms with van der Waals surface area (Å²) < 4.78 is 0. The SMILES string of the molecule is C#CCCNCCN(C)C1CCCC1. The van der Waals surface area contributed by atoms with Gasteiger partial charge in [-0.25, -0.2) is 0 Å². The molecule has 0 aliphatic heterocycles. The summed E-state index contributed by atoms with van der Waals surface area (Å²) in [5.41, 5.74) is 0. The Hall–Kier alpha value is -0.520. The lowest BCUT2D eigenvalue weighted by Gasteiger charge is -2.23. The number of nitrogens with zero attached hydrogens (tertiary/aromatic N) is 1. The Balaban J connectivity index is 1.97. The third-order valence-electron chi connectivity index (χ3n) is 3.04. The van der Waals surface area contributed by atoms with Crippen LogP contribution in [0.15, 0.2) is 0 Å². The normalized spacial score (nSPS) is 17.5. The number of terminal acetylenes is 1. The molecule has 0 saturated heterocycles. The van der Waals surface area contributed by atoms with Crippen molar-refractivity contribution in [1.29, 1.82) is 0 Å². The Labute approximate surface area is 88.1 Å². The van der Waals surface area contributed by atoms with Gasteiger partial charge in [0.15, 0.2) is 0 Å². The fourth-order valence-corrected chi connectivity index (χ4v) is 2.07. The minimum atomic E-state index is 0.837. The van der Waals surface area contributed by atoms with Gasteiger partial charge in [-0.3, -0.25) is 0 Å². The Bertz CT molecular complexity index is 177. The molecule has 1 N–H and O–H groups in total. The van der Waals surface area contributed by atoms with E-state index in [1.807, 2.05) is 0 Å². The van der Waals surface area contributed by atoms with Gasteiger partial charge in [0, 0.05) is 32.1 Å². The summed E-state index contributed by atoms with van der Waals surface area (Å²) in [4.78, 5) is 2.48. The molecular formula is C12H22N2. The average molecular weight is 194 g/mol. The third-order valence-corrected chi connectivity index (χ3v) is 3.04. The van der Waals surface area contributed by atoms with Gasteiger partial charge < -0.3 is 10.2 Å². The first-order chi connectivity index (χ1) is 6.84. The van der Waals surface area contributed by atoms with E-state index in [1.54, 1.807) is 0 Å². The van der Waals surface area contributed by atoms with E-state index in [1.165, 1.54) is 25.7 Å². The van der Waals surface area contributed by atoms with Crippen LogP contribution in [0.5, 0.6) is 0 Å². The van der Waals surface area contributed by atoms with Gasteiger partial charge in [-0.05, 0) is 19.9 Å². The Kier molecular flexibility index (Phi) is 5.66. The molecule has 0 atom stereocenters. The van der Waals surface area contributed by atoms with Crippen LogP contribution in [0.2, 0.25) is 0 Å². The molecule has 1 fully saturated rings. The van der Waals surface area contributed by atoms with Crippen LogP contribution in [0, 0.1) is 12.3 Å². The van der Waals surface area contributed by atoms with Gasteiger partial charge in [-0.2, -0.15) is 0 Å². The zero-order valence-corrected chi connectivity index (χ0v) is 9.26. The van der Waals surface area contributed by atoms with E-state index in [0.29, 0.717) is 0 Å². The van der Waals surface area contributed by atoms with Crippen LogP contribution in [-0.2, 0) is 0 Å². The molecule has 80 valence electrons. The van der Waals surface area contributed by atoms with Gasteiger partial charge in [0.1, 0.15) is 0 Å². The lowest BCUT2D eigenvalue weighted by atomic mass is 10.2. The molecular weight excluding hydrogens is 172 g/mol. The first kappa shape index (κ1) is 11.6. The average Bonchev–Trinajstić information content (AvgIpc) is 2.70. The van der Waals surface area contributed by atoms with Crippen molar-refractivity contribution >= 4 is 0 Å². The molecule has 0 aromatic rings. The van der Waals surface area contributed by atoms with Crippen molar-refractivity contribution in [1.82, 2.24) is 10.2 Å². The van der Waals surface area contributed by atoms with Crippen molar-refractivity contribution < 1.29 is 0 Å². The van der Waals surface area contributed by atoms with E-state index >= 15 is 0 Å². The summed E-state index contributed by atoms with van der Waals surface area (Å²) in [7, 11) is 2.23. The third kappa shape index (κ3) is 4.13. The number of hydrogen-bond donors (Lipinski definition) is 1. The van der Waals surface area contributed by atoms with Crippen LogP contribution in [0.4, 0.5) is 0 Å². The fourth-order valence-electron chi connectivity index (χ4n) is 2.07. The van der Waals surface area contributed by atoms with Gasteiger partial charge in [-0.15, -0.1) is 12.3 Å². The smallest absolute Gasteiger partial charge is 0.0211 e. The van der Waals surface area contributed by atoms with Gasteiger partial charge in [0.25, 0.3) is 0 Å². The molecule has 2 nitrogen and oxygen atoms in total. The number of hydrogen-bond acceptors (Lipinski definition) is 2.